The summed E-state index contributed by atoms with van der Waals surface area (Å²) in [6, 6.07) is 14.0. The molecular weight excluding hydrogens is 386 g/mol. The first-order chi connectivity index (χ1) is 14.6. The number of esters is 1. The molecule has 0 unspecified atom stereocenters. The Morgan fingerprint density at radius 2 is 1.87 bits per heavy atom. The van der Waals surface area contributed by atoms with E-state index in [4.69, 9.17) is 14.0 Å². The molecule has 0 fully saturated rings. The van der Waals surface area contributed by atoms with Gasteiger partial charge < -0.3 is 19.3 Å². The molecule has 1 amide bonds. The Balaban J connectivity index is 1.48. The van der Waals surface area contributed by atoms with Gasteiger partial charge in [0.1, 0.15) is 5.75 Å². The lowest BCUT2D eigenvalue weighted by Gasteiger charge is -2.06. The van der Waals surface area contributed by atoms with Crippen LogP contribution in [0.5, 0.6) is 5.75 Å². The maximum absolute atomic E-state index is 12.1. The number of anilines is 1. The fraction of sp³-hybridized carbons (Fsp3) is 0.273. The summed E-state index contributed by atoms with van der Waals surface area (Å²) < 4.78 is 15.5. The van der Waals surface area contributed by atoms with Gasteiger partial charge in [-0.3, -0.25) is 4.79 Å². The quantitative estimate of drug-likeness (QED) is 0.535. The number of nitrogens with zero attached hydrogens (tertiary/aromatic N) is 2. The summed E-state index contributed by atoms with van der Waals surface area (Å²) in [6.45, 7) is 2.07. The predicted octanol–water partition coefficient (Wildman–Crippen LogP) is 3.88. The largest absolute Gasteiger partial charge is 0.496 e. The van der Waals surface area contributed by atoms with Gasteiger partial charge >= 0.3 is 5.97 Å². The monoisotopic (exact) mass is 409 g/mol. The van der Waals surface area contributed by atoms with Crippen LogP contribution in [0.25, 0.3) is 11.4 Å². The molecule has 1 heterocycles. The molecule has 0 spiro atoms. The molecule has 0 atom stereocenters. The lowest BCUT2D eigenvalue weighted by molar-refractivity contribution is -0.116. The number of hydrogen-bond acceptors (Lipinski definition) is 7. The normalized spacial score (nSPS) is 10.5. The van der Waals surface area contributed by atoms with Crippen molar-refractivity contribution in [1.29, 1.82) is 0 Å². The first-order valence-corrected chi connectivity index (χ1v) is 9.63. The number of methoxy groups -OCH3 is 1. The highest BCUT2D eigenvalue weighted by atomic mass is 16.5. The van der Waals surface area contributed by atoms with Crippen LogP contribution in [0.4, 0.5) is 5.69 Å². The molecule has 0 bridgehead atoms. The molecule has 0 aliphatic heterocycles. The summed E-state index contributed by atoms with van der Waals surface area (Å²) in [4.78, 5) is 28.2. The van der Waals surface area contributed by atoms with E-state index in [1.54, 1.807) is 38.3 Å². The summed E-state index contributed by atoms with van der Waals surface area (Å²) >= 11 is 0. The molecule has 3 rings (SSSR count). The topological polar surface area (TPSA) is 104 Å². The molecule has 0 saturated heterocycles. The standard InChI is InChI=1S/C22H23N3O5/c1-3-29-22(27)15-11-13-16(14-12-15)23-19(26)9-6-10-20-24-21(25-30-20)17-7-4-5-8-18(17)28-2/h4-5,7-8,11-14H,3,6,9-10H2,1-2H3,(H,23,26). The number of aryl methyl sites for hydroxylation is 1. The van der Waals surface area contributed by atoms with Crippen molar-refractivity contribution in [3.8, 4) is 17.1 Å². The maximum atomic E-state index is 12.1. The zero-order valence-electron chi connectivity index (χ0n) is 16.9. The smallest absolute Gasteiger partial charge is 0.338 e. The van der Waals surface area contributed by atoms with Crippen molar-refractivity contribution in [3.05, 3.63) is 60.0 Å². The number of carbonyl (C=O) groups excluding carboxylic acids is 2. The Hall–Kier alpha value is -3.68. The average molecular weight is 409 g/mol. The Bertz CT molecular complexity index is 998. The van der Waals surface area contributed by atoms with Crippen molar-refractivity contribution in [2.24, 2.45) is 0 Å². The first-order valence-electron chi connectivity index (χ1n) is 9.63. The van der Waals surface area contributed by atoms with E-state index in [2.05, 4.69) is 15.5 Å². The van der Waals surface area contributed by atoms with Gasteiger partial charge in [0.25, 0.3) is 0 Å². The highest BCUT2D eigenvalue weighted by molar-refractivity contribution is 5.93. The number of ether oxygens (including phenoxy) is 2. The van der Waals surface area contributed by atoms with Gasteiger partial charge in [-0.15, -0.1) is 0 Å². The first kappa shape index (κ1) is 21.0. The van der Waals surface area contributed by atoms with Crippen LogP contribution in [-0.2, 0) is 16.0 Å². The molecule has 0 aliphatic carbocycles. The Morgan fingerprint density at radius 3 is 2.60 bits per heavy atom. The highest BCUT2D eigenvalue weighted by Crippen LogP contribution is 2.27. The Morgan fingerprint density at radius 1 is 1.10 bits per heavy atom. The van der Waals surface area contributed by atoms with Crippen LogP contribution < -0.4 is 10.1 Å². The van der Waals surface area contributed by atoms with Crippen LogP contribution in [0.2, 0.25) is 0 Å². The molecule has 156 valence electrons. The zero-order valence-corrected chi connectivity index (χ0v) is 16.9. The van der Waals surface area contributed by atoms with Crippen LogP contribution in [0.15, 0.2) is 53.1 Å². The van der Waals surface area contributed by atoms with E-state index in [1.165, 1.54) is 0 Å². The van der Waals surface area contributed by atoms with E-state index >= 15 is 0 Å². The SMILES string of the molecule is CCOC(=O)c1ccc(NC(=O)CCCc2nc(-c3ccccc3OC)no2)cc1. The lowest BCUT2D eigenvalue weighted by atomic mass is 10.2. The molecule has 1 aromatic heterocycles. The van der Waals surface area contributed by atoms with Gasteiger partial charge in [0, 0.05) is 18.5 Å². The minimum atomic E-state index is -0.387. The Labute approximate surface area is 174 Å². The molecule has 1 N–H and O–H groups in total. The Kier molecular flexibility index (Phi) is 7.15. The summed E-state index contributed by atoms with van der Waals surface area (Å²) in [7, 11) is 1.59. The van der Waals surface area contributed by atoms with Gasteiger partial charge in [-0.2, -0.15) is 4.98 Å². The van der Waals surface area contributed by atoms with Crippen LogP contribution in [0.1, 0.15) is 36.0 Å². The zero-order chi connectivity index (χ0) is 21.3. The van der Waals surface area contributed by atoms with E-state index in [0.717, 1.165) is 5.56 Å². The number of carbonyl (C=O) groups is 2. The second-order valence-corrected chi connectivity index (χ2v) is 6.41. The number of para-hydroxylation sites is 1. The maximum Gasteiger partial charge on any atom is 0.338 e. The van der Waals surface area contributed by atoms with Gasteiger partial charge in [-0.25, -0.2) is 4.79 Å². The third kappa shape index (κ3) is 5.44. The van der Waals surface area contributed by atoms with E-state index in [9.17, 15) is 9.59 Å². The van der Waals surface area contributed by atoms with Crippen molar-refractivity contribution in [3.63, 3.8) is 0 Å². The van der Waals surface area contributed by atoms with Crippen LogP contribution in [-0.4, -0.2) is 35.7 Å². The van der Waals surface area contributed by atoms with Crippen molar-refractivity contribution in [1.82, 2.24) is 10.1 Å². The van der Waals surface area contributed by atoms with Crippen molar-refractivity contribution in [2.75, 3.05) is 19.0 Å². The predicted molar refractivity (Wildman–Crippen MR) is 110 cm³/mol. The molecule has 0 radical (unpaired) electrons. The summed E-state index contributed by atoms with van der Waals surface area (Å²) in [5, 5.41) is 6.79. The third-order valence-electron chi connectivity index (χ3n) is 4.29. The fourth-order valence-electron chi connectivity index (χ4n) is 2.82. The number of amides is 1. The van der Waals surface area contributed by atoms with Crippen LogP contribution in [0.3, 0.4) is 0 Å². The minimum absolute atomic E-state index is 0.136. The van der Waals surface area contributed by atoms with Gasteiger partial charge in [0.2, 0.25) is 17.6 Å². The third-order valence-corrected chi connectivity index (χ3v) is 4.29. The molecule has 0 aliphatic rings. The molecule has 30 heavy (non-hydrogen) atoms. The molecule has 0 saturated carbocycles. The molecule has 8 nitrogen and oxygen atoms in total. The summed E-state index contributed by atoms with van der Waals surface area (Å²) in [6.07, 6.45) is 1.34. The number of benzene rings is 2. The number of hydrogen-bond donors (Lipinski definition) is 1. The van der Waals surface area contributed by atoms with Crippen molar-refractivity contribution in [2.45, 2.75) is 26.2 Å². The van der Waals surface area contributed by atoms with Gasteiger partial charge in [-0.1, -0.05) is 17.3 Å². The lowest BCUT2D eigenvalue weighted by Crippen LogP contribution is -2.12. The minimum Gasteiger partial charge on any atom is -0.496 e. The number of aromatic nitrogens is 2. The van der Waals surface area contributed by atoms with E-state index in [-0.39, 0.29) is 11.9 Å². The summed E-state index contributed by atoms with van der Waals surface area (Å²) in [5.74, 6) is 1.06. The number of nitrogens with one attached hydrogen (secondary N) is 1. The van der Waals surface area contributed by atoms with Gasteiger partial charge in [0.15, 0.2) is 0 Å². The van der Waals surface area contributed by atoms with E-state index in [0.29, 0.717) is 54.6 Å². The van der Waals surface area contributed by atoms with Crippen molar-refractivity contribution < 1.29 is 23.6 Å². The summed E-state index contributed by atoms with van der Waals surface area (Å²) in [5.41, 5.74) is 1.81. The second kappa shape index (κ2) is 10.2. The molecular formula is C22H23N3O5. The molecule has 3 aromatic rings. The average Bonchev–Trinajstić information content (AvgIpc) is 3.23. The van der Waals surface area contributed by atoms with E-state index < -0.39 is 0 Å². The van der Waals surface area contributed by atoms with Crippen LogP contribution >= 0.6 is 0 Å². The number of rotatable bonds is 9. The highest BCUT2D eigenvalue weighted by Gasteiger charge is 2.13. The van der Waals surface area contributed by atoms with Crippen molar-refractivity contribution >= 4 is 17.6 Å². The molecule has 2 aromatic carbocycles. The second-order valence-electron chi connectivity index (χ2n) is 6.41. The fourth-order valence-corrected chi connectivity index (χ4v) is 2.82. The van der Waals surface area contributed by atoms with Gasteiger partial charge in [-0.05, 0) is 49.7 Å². The van der Waals surface area contributed by atoms with Gasteiger partial charge in [0.05, 0.1) is 24.8 Å². The molecule has 8 heteroatoms. The van der Waals surface area contributed by atoms with Crippen LogP contribution in [0, 0.1) is 0 Å². The van der Waals surface area contributed by atoms with E-state index in [1.807, 2.05) is 24.3 Å².